The Morgan fingerprint density at radius 1 is 1.06 bits per heavy atom. The SMILES string of the molecule is O=C(NCC1(c2cccc(Cl)c2)CCOCC1)c1ccc(S(=O)(=O)N2CCCC2)cc1. The highest BCUT2D eigenvalue weighted by atomic mass is 35.5. The summed E-state index contributed by atoms with van der Waals surface area (Å²) < 4.78 is 32.4. The van der Waals surface area contributed by atoms with E-state index in [2.05, 4.69) is 5.32 Å². The van der Waals surface area contributed by atoms with E-state index in [1.807, 2.05) is 24.3 Å². The van der Waals surface area contributed by atoms with Crippen LogP contribution < -0.4 is 5.32 Å². The number of nitrogens with zero attached hydrogens (tertiary/aromatic N) is 1. The minimum Gasteiger partial charge on any atom is -0.381 e. The van der Waals surface area contributed by atoms with Gasteiger partial charge in [-0.15, -0.1) is 0 Å². The molecule has 2 aliphatic rings. The molecule has 0 saturated carbocycles. The third-order valence-electron chi connectivity index (χ3n) is 6.29. The number of ether oxygens (including phenoxy) is 1. The Balaban J connectivity index is 1.47. The van der Waals surface area contributed by atoms with Crippen molar-refractivity contribution in [2.75, 3.05) is 32.8 Å². The van der Waals surface area contributed by atoms with E-state index in [-0.39, 0.29) is 16.2 Å². The van der Waals surface area contributed by atoms with E-state index in [0.717, 1.165) is 31.2 Å². The van der Waals surface area contributed by atoms with Gasteiger partial charge in [-0.2, -0.15) is 4.31 Å². The maximum atomic E-state index is 12.8. The normalized spacial score (nSPS) is 19.3. The average Bonchev–Trinajstić information content (AvgIpc) is 3.34. The van der Waals surface area contributed by atoms with Gasteiger partial charge in [0.1, 0.15) is 0 Å². The second kappa shape index (κ2) is 9.28. The van der Waals surface area contributed by atoms with Crippen LogP contribution in [0, 0.1) is 0 Å². The molecular weight excluding hydrogens is 436 g/mol. The van der Waals surface area contributed by atoms with Crippen LogP contribution >= 0.6 is 11.6 Å². The van der Waals surface area contributed by atoms with E-state index in [9.17, 15) is 13.2 Å². The molecule has 0 radical (unpaired) electrons. The number of hydrogen-bond acceptors (Lipinski definition) is 4. The summed E-state index contributed by atoms with van der Waals surface area (Å²) in [5, 5.41) is 3.71. The lowest BCUT2D eigenvalue weighted by Gasteiger charge is -2.38. The van der Waals surface area contributed by atoms with Gasteiger partial charge in [0.2, 0.25) is 10.0 Å². The van der Waals surface area contributed by atoms with Crippen LogP contribution in [0.3, 0.4) is 0 Å². The number of halogens is 1. The van der Waals surface area contributed by atoms with E-state index in [1.54, 1.807) is 12.1 Å². The van der Waals surface area contributed by atoms with Crippen LogP contribution in [-0.4, -0.2) is 51.5 Å². The molecule has 0 bridgehead atoms. The molecule has 2 aromatic rings. The Bertz CT molecular complexity index is 1030. The predicted octanol–water partition coefficient (Wildman–Crippen LogP) is 3.60. The molecule has 0 unspecified atom stereocenters. The first-order chi connectivity index (χ1) is 14.9. The summed E-state index contributed by atoms with van der Waals surface area (Å²) in [5.74, 6) is -0.224. The summed E-state index contributed by atoms with van der Waals surface area (Å²) in [6, 6.07) is 14.0. The van der Waals surface area contributed by atoms with Gasteiger partial charge in [-0.05, 0) is 67.6 Å². The van der Waals surface area contributed by atoms with Crippen LogP contribution in [0.5, 0.6) is 0 Å². The van der Waals surface area contributed by atoms with Crippen molar-refractivity contribution in [3.05, 3.63) is 64.7 Å². The van der Waals surface area contributed by atoms with Crippen LogP contribution in [-0.2, 0) is 20.2 Å². The molecule has 1 amide bonds. The molecule has 2 fully saturated rings. The van der Waals surface area contributed by atoms with Crippen molar-refractivity contribution in [2.24, 2.45) is 0 Å². The third kappa shape index (κ3) is 4.80. The summed E-state index contributed by atoms with van der Waals surface area (Å²) in [6.45, 7) is 2.83. The van der Waals surface area contributed by atoms with Crippen molar-refractivity contribution in [3.8, 4) is 0 Å². The van der Waals surface area contributed by atoms with Gasteiger partial charge < -0.3 is 10.1 Å². The molecule has 2 heterocycles. The lowest BCUT2D eigenvalue weighted by atomic mass is 9.74. The second-order valence-corrected chi connectivity index (χ2v) is 10.6. The number of benzene rings is 2. The van der Waals surface area contributed by atoms with Crippen molar-refractivity contribution in [2.45, 2.75) is 36.0 Å². The van der Waals surface area contributed by atoms with E-state index in [0.29, 0.717) is 43.4 Å². The Morgan fingerprint density at radius 2 is 1.74 bits per heavy atom. The van der Waals surface area contributed by atoms with E-state index in [4.69, 9.17) is 16.3 Å². The molecular formula is C23H27ClN2O4S. The molecule has 8 heteroatoms. The standard InChI is InChI=1S/C23H27ClN2O4S/c24-20-5-3-4-19(16-20)23(10-14-30-15-11-23)17-25-22(27)18-6-8-21(9-7-18)31(28,29)26-12-1-2-13-26/h3-9,16H,1-2,10-15,17H2,(H,25,27). The highest BCUT2D eigenvalue weighted by molar-refractivity contribution is 7.89. The van der Waals surface area contributed by atoms with Crippen molar-refractivity contribution >= 4 is 27.5 Å². The first-order valence-electron chi connectivity index (χ1n) is 10.6. The molecule has 0 atom stereocenters. The van der Waals surface area contributed by atoms with Gasteiger partial charge >= 0.3 is 0 Å². The highest BCUT2D eigenvalue weighted by Gasteiger charge is 2.35. The quantitative estimate of drug-likeness (QED) is 0.711. The molecule has 0 spiro atoms. The summed E-state index contributed by atoms with van der Waals surface area (Å²) in [5.41, 5.74) is 1.29. The van der Waals surface area contributed by atoms with Gasteiger partial charge in [0.05, 0.1) is 4.90 Å². The molecule has 6 nitrogen and oxygen atoms in total. The molecule has 0 aromatic heterocycles. The van der Waals surface area contributed by atoms with Crippen molar-refractivity contribution in [1.82, 2.24) is 9.62 Å². The molecule has 0 aliphatic carbocycles. The zero-order chi connectivity index (χ0) is 21.9. The fourth-order valence-electron chi connectivity index (χ4n) is 4.36. The summed E-state index contributed by atoms with van der Waals surface area (Å²) in [6.07, 6.45) is 3.36. The smallest absolute Gasteiger partial charge is 0.251 e. The van der Waals surface area contributed by atoms with E-state index in [1.165, 1.54) is 16.4 Å². The number of sulfonamides is 1. The number of rotatable bonds is 6. The van der Waals surface area contributed by atoms with Crippen LogP contribution in [0.15, 0.2) is 53.4 Å². The highest BCUT2D eigenvalue weighted by Crippen LogP contribution is 2.35. The second-order valence-electron chi connectivity index (χ2n) is 8.22. The Kier molecular flexibility index (Phi) is 6.67. The number of amides is 1. The molecule has 2 aromatic carbocycles. The van der Waals surface area contributed by atoms with Crippen LogP contribution in [0.2, 0.25) is 5.02 Å². The maximum absolute atomic E-state index is 12.8. The van der Waals surface area contributed by atoms with Crippen LogP contribution in [0.1, 0.15) is 41.6 Å². The van der Waals surface area contributed by atoms with Crippen molar-refractivity contribution in [1.29, 1.82) is 0 Å². The summed E-state index contributed by atoms with van der Waals surface area (Å²) >= 11 is 6.21. The fourth-order valence-corrected chi connectivity index (χ4v) is 6.06. The summed E-state index contributed by atoms with van der Waals surface area (Å²) in [4.78, 5) is 13.0. The first kappa shape index (κ1) is 22.3. The van der Waals surface area contributed by atoms with Gasteiger partial charge in [-0.3, -0.25) is 4.79 Å². The lowest BCUT2D eigenvalue weighted by Crippen LogP contribution is -2.44. The fraction of sp³-hybridized carbons (Fsp3) is 0.435. The van der Waals surface area contributed by atoms with Crippen molar-refractivity contribution < 1.29 is 17.9 Å². The predicted molar refractivity (Wildman–Crippen MR) is 120 cm³/mol. The molecule has 166 valence electrons. The number of carbonyl (C=O) groups excluding carboxylic acids is 1. The van der Waals surface area contributed by atoms with Gasteiger partial charge in [0, 0.05) is 48.8 Å². The van der Waals surface area contributed by atoms with E-state index < -0.39 is 10.0 Å². The summed E-state index contributed by atoms with van der Waals surface area (Å²) in [7, 11) is -3.49. The van der Waals surface area contributed by atoms with Gasteiger partial charge in [0.15, 0.2) is 0 Å². The zero-order valence-corrected chi connectivity index (χ0v) is 18.9. The van der Waals surface area contributed by atoms with Crippen LogP contribution in [0.25, 0.3) is 0 Å². The average molecular weight is 463 g/mol. The molecule has 2 aliphatic heterocycles. The maximum Gasteiger partial charge on any atom is 0.251 e. The van der Waals surface area contributed by atoms with Crippen molar-refractivity contribution in [3.63, 3.8) is 0 Å². The molecule has 31 heavy (non-hydrogen) atoms. The zero-order valence-electron chi connectivity index (χ0n) is 17.3. The third-order valence-corrected chi connectivity index (χ3v) is 8.44. The largest absolute Gasteiger partial charge is 0.381 e. The monoisotopic (exact) mass is 462 g/mol. The van der Waals surface area contributed by atoms with Crippen LogP contribution in [0.4, 0.5) is 0 Å². The number of nitrogens with one attached hydrogen (secondary N) is 1. The Morgan fingerprint density at radius 3 is 2.39 bits per heavy atom. The minimum atomic E-state index is -3.49. The minimum absolute atomic E-state index is 0.224. The lowest BCUT2D eigenvalue weighted by molar-refractivity contribution is 0.0487. The number of hydrogen-bond donors (Lipinski definition) is 1. The topological polar surface area (TPSA) is 75.7 Å². The molecule has 2 saturated heterocycles. The number of carbonyl (C=O) groups is 1. The molecule has 4 rings (SSSR count). The first-order valence-corrected chi connectivity index (χ1v) is 12.4. The van der Waals surface area contributed by atoms with Gasteiger partial charge in [0.25, 0.3) is 5.91 Å². The van der Waals surface area contributed by atoms with Gasteiger partial charge in [-0.1, -0.05) is 23.7 Å². The molecule has 1 N–H and O–H groups in total. The Labute approximate surface area is 188 Å². The van der Waals surface area contributed by atoms with E-state index >= 15 is 0 Å². The Hall–Kier alpha value is -1.93. The van der Waals surface area contributed by atoms with Gasteiger partial charge in [-0.25, -0.2) is 8.42 Å².